The molecule has 2 fully saturated rings. The van der Waals surface area contributed by atoms with Crippen molar-refractivity contribution in [1.29, 1.82) is 0 Å². The summed E-state index contributed by atoms with van der Waals surface area (Å²) in [6, 6.07) is 14.7. The lowest BCUT2D eigenvalue weighted by atomic mass is 10.0. The first kappa shape index (κ1) is 44.7. The average Bonchev–Trinajstić information content (AvgIpc) is 3.65. The van der Waals surface area contributed by atoms with Gasteiger partial charge in [-0.05, 0) is 72.4 Å². The van der Waals surface area contributed by atoms with Gasteiger partial charge in [0.1, 0.15) is 25.9 Å². The highest BCUT2D eigenvalue weighted by Crippen LogP contribution is 2.26. The average molecular weight is 866 g/mol. The van der Waals surface area contributed by atoms with E-state index >= 15 is 0 Å². The van der Waals surface area contributed by atoms with Gasteiger partial charge in [-0.1, -0.05) is 0 Å². The molecule has 0 saturated carbocycles. The first-order valence-corrected chi connectivity index (χ1v) is 19.0. The molecule has 0 aliphatic carbocycles. The second-order valence-electron chi connectivity index (χ2n) is 13.6. The summed E-state index contributed by atoms with van der Waals surface area (Å²) in [4.78, 5) is 102. The largest absolute Gasteiger partial charge is 0.445 e. The van der Waals surface area contributed by atoms with Crippen molar-refractivity contribution in [3.63, 3.8) is 0 Å². The molecule has 0 spiro atoms. The van der Waals surface area contributed by atoms with Crippen LogP contribution in [0.5, 0.6) is 0 Å². The third kappa shape index (κ3) is 13.3. The molecule has 3 aromatic rings. The Labute approximate surface area is 351 Å². The van der Waals surface area contributed by atoms with E-state index in [1.54, 1.807) is 4.90 Å². The Balaban J connectivity index is 1.11. The fourth-order valence-corrected chi connectivity index (χ4v) is 6.55. The predicted octanol–water partition coefficient (Wildman–Crippen LogP) is 3.74. The summed E-state index contributed by atoms with van der Waals surface area (Å²) in [5.74, 6) is -1.38. The molecule has 23 nitrogen and oxygen atoms in total. The number of guanidine groups is 1. The van der Waals surface area contributed by atoms with Gasteiger partial charge in [0.2, 0.25) is 17.8 Å². The van der Waals surface area contributed by atoms with Crippen LogP contribution in [0.4, 0.5) is 31.4 Å². The highest BCUT2D eigenvalue weighted by atomic mass is 32.1. The number of nitrogens with zero attached hydrogens (tertiary/aromatic N) is 6. The van der Waals surface area contributed by atoms with Crippen LogP contribution in [-0.2, 0) is 43.6 Å². The zero-order valence-corrected chi connectivity index (χ0v) is 33.0. The number of non-ortho nitro benzene ring substituents is 3. The second kappa shape index (κ2) is 21.1. The van der Waals surface area contributed by atoms with Crippen molar-refractivity contribution in [3.05, 3.63) is 120 Å². The highest BCUT2D eigenvalue weighted by Gasteiger charge is 2.42. The van der Waals surface area contributed by atoms with Crippen LogP contribution in [0.15, 0.2) is 77.8 Å². The number of carbonyl (C=O) groups excluding carboxylic acids is 5. The lowest BCUT2D eigenvalue weighted by molar-refractivity contribution is -0.385. The predicted molar refractivity (Wildman–Crippen MR) is 214 cm³/mol. The van der Waals surface area contributed by atoms with Gasteiger partial charge in [0.15, 0.2) is 0 Å². The maximum atomic E-state index is 13.6. The molecule has 2 atom stereocenters. The molecule has 24 heteroatoms. The number of piperidine rings is 1. The van der Waals surface area contributed by atoms with Crippen molar-refractivity contribution in [2.24, 2.45) is 4.99 Å². The van der Waals surface area contributed by atoms with Crippen LogP contribution >= 0.6 is 12.6 Å². The normalized spacial score (nSPS) is 16.5. The van der Waals surface area contributed by atoms with E-state index < -0.39 is 57.5 Å². The summed E-state index contributed by atoms with van der Waals surface area (Å²) in [5.41, 5.74) is 0.894. The Kier molecular flexibility index (Phi) is 15.4. The van der Waals surface area contributed by atoms with Crippen molar-refractivity contribution in [1.82, 2.24) is 25.8 Å². The molecule has 0 unspecified atom stereocenters. The monoisotopic (exact) mass is 865 g/mol. The molecule has 3 N–H and O–H groups in total. The van der Waals surface area contributed by atoms with E-state index in [-0.39, 0.29) is 73.7 Å². The summed E-state index contributed by atoms with van der Waals surface area (Å²) in [7, 11) is 0. The number of nitro benzene ring substituents is 3. The number of likely N-dealkylation sites (tertiary alicyclic amines) is 2. The zero-order chi connectivity index (χ0) is 44.1. The van der Waals surface area contributed by atoms with Crippen LogP contribution in [0, 0.1) is 30.3 Å². The molecule has 61 heavy (non-hydrogen) atoms. The zero-order valence-electron chi connectivity index (χ0n) is 32.1. The van der Waals surface area contributed by atoms with Crippen molar-refractivity contribution in [3.8, 4) is 0 Å². The third-order valence-electron chi connectivity index (χ3n) is 9.35. The molecule has 5 amide bonds. The first-order valence-electron chi connectivity index (χ1n) is 18.5. The van der Waals surface area contributed by atoms with Gasteiger partial charge in [-0.15, -0.1) is 4.99 Å². The highest BCUT2D eigenvalue weighted by molar-refractivity contribution is 7.81. The topological polar surface area (TPSA) is 297 Å². The molecule has 5 rings (SSSR count). The molecule has 0 radical (unpaired) electrons. The number of amides is 5. The van der Waals surface area contributed by atoms with Gasteiger partial charge in [-0.3, -0.25) is 50.1 Å². The summed E-state index contributed by atoms with van der Waals surface area (Å²) >= 11 is 4.48. The molecule has 2 aliphatic rings. The lowest BCUT2D eigenvalue weighted by Crippen LogP contribution is -2.53. The Hall–Kier alpha value is -7.37. The van der Waals surface area contributed by atoms with Crippen molar-refractivity contribution in [2.45, 2.75) is 56.4 Å². The van der Waals surface area contributed by atoms with Crippen LogP contribution in [0.1, 0.15) is 36.0 Å². The van der Waals surface area contributed by atoms with Crippen LogP contribution in [0.3, 0.4) is 0 Å². The molecular weight excluding hydrogens is 827 g/mol. The molecule has 2 saturated heterocycles. The number of alkyl carbamates (subject to hydrolysis) is 1. The number of nitro groups is 3. The molecule has 2 aliphatic heterocycles. The maximum Gasteiger partial charge on any atom is 0.437 e. The molecule has 322 valence electrons. The Morgan fingerprint density at radius 1 is 0.721 bits per heavy atom. The van der Waals surface area contributed by atoms with Crippen LogP contribution < -0.4 is 16.0 Å². The van der Waals surface area contributed by atoms with Gasteiger partial charge in [0.25, 0.3) is 17.1 Å². The van der Waals surface area contributed by atoms with E-state index in [0.717, 1.165) is 0 Å². The van der Waals surface area contributed by atoms with E-state index in [2.05, 4.69) is 33.6 Å². The molecule has 0 aromatic heterocycles. The summed E-state index contributed by atoms with van der Waals surface area (Å²) in [6.07, 6.45) is -2.00. The fraction of sp³-hybridized carbons (Fsp3) is 0.351. The smallest absolute Gasteiger partial charge is 0.437 e. The maximum absolute atomic E-state index is 13.6. The summed E-state index contributed by atoms with van der Waals surface area (Å²) in [5, 5.41) is 40.1. The van der Waals surface area contributed by atoms with Crippen LogP contribution in [0.25, 0.3) is 0 Å². The minimum Gasteiger partial charge on any atom is -0.445 e. The van der Waals surface area contributed by atoms with Gasteiger partial charge in [-0.25, -0.2) is 14.4 Å². The van der Waals surface area contributed by atoms with E-state index in [0.29, 0.717) is 36.0 Å². The number of carbonyl (C=O) groups is 5. The Morgan fingerprint density at radius 3 is 1.69 bits per heavy atom. The van der Waals surface area contributed by atoms with Crippen molar-refractivity contribution in [2.75, 3.05) is 26.2 Å². The molecule has 3 aromatic carbocycles. The standard InChI is InChI=1S/C37H39N9O14S/c47-32(39-26-13-15-42(16-14-26)33(48)31-17-30(61)19-43(31)37(51)60-22-25-5-11-29(12-6-25)46(56)57)18-38-34(40-35(49)58-20-23-1-7-27(8-2-23)44(52)53)41-36(50)59-21-24-3-9-28(10-4-24)45(54)55/h1-12,26,30-31,61H,13-22H2,(H,39,47)(H2,38,40,41,49,50)/t30-,31-/m0/s1. The van der Waals surface area contributed by atoms with Gasteiger partial charge >= 0.3 is 18.3 Å². The SMILES string of the molecule is O=C(CN/C(=N\C(=O)OCc1ccc([N+](=O)[O-])cc1)NC(=O)OCc1ccc([N+](=O)[O-])cc1)NC1CCN(C(=O)[C@@H]2C[C@H](S)CN2C(=O)OCc2ccc([N+](=O)[O-])cc2)CC1. The first-order chi connectivity index (χ1) is 29.1. The number of nitrogens with one attached hydrogen (secondary N) is 3. The fourth-order valence-electron chi connectivity index (χ4n) is 6.18. The number of hydrogen-bond acceptors (Lipinski definition) is 15. The third-order valence-corrected chi connectivity index (χ3v) is 9.72. The lowest BCUT2D eigenvalue weighted by Gasteiger charge is -2.35. The van der Waals surface area contributed by atoms with E-state index in [9.17, 15) is 54.3 Å². The number of benzene rings is 3. The number of hydrogen-bond donors (Lipinski definition) is 4. The van der Waals surface area contributed by atoms with Crippen LogP contribution in [0.2, 0.25) is 0 Å². The second-order valence-corrected chi connectivity index (χ2v) is 14.3. The van der Waals surface area contributed by atoms with Gasteiger partial charge in [-0.2, -0.15) is 12.6 Å². The van der Waals surface area contributed by atoms with Crippen molar-refractivity contribution >= 4 is 65.7 Å². The molecule has 0 bridgehead atoms. The van der Waals surface area contributed by atoms with E-state index in [1.165, 1.54) is 77.7 Å². The molecule has 2 heterocycles. The van der Waals surface area contributed by atoms with Gasteiger partial charge in [0, 0.05) is 67.3 Å². The molecular formula is C37H39N9O14S. The van der Waals surface area contributed by atoms with E-state index in [4.69, 9.17) is 14.2 Å². The Bertz CT molecular complexity index is 2150. The minimum absolute atomic E-state index is 0.107. The number of ether oxygens (including phenoxy) is 3. The summed E-state index contributed by atoms with van der Waals surface area (Å²) in [6.45, 7) is -0.602. The van der Waals surface area contributed by atoms with Gasteiger partial charge < -0.3 is 29.7 Å². The van der Waals surface area contributed by atoms with Gasteiger partial charge in [0.05, 0.1) is 21.3 Å². The summed E-state index contributed by atoms with van der Waals surface area (Å²) < 4.78 is 15.6. The Morgan fingerprint density at radius 2 is 1.20 bits per heavy atom. The number of rotatable bonds is 13. The van der Waals surface area contributed by atoms with Crippen molar-refractivity contribution < 1.29 is 53.0 Å². The van der Waals surface area contributed by atoms with E-state index in [1.807, 2.05) is 0 Å². The van der Waals surface area contributed by atoms with Crippen LogP contribution in [-0.4, -0.2) is 104 Å². The quantitative estimate of drug-likeness (QED) is 0.0475. The minimum atomic E-state index is -1.20. The number of thiol groups is 1. The number of aliphatic imine (C=N–C) groups is 1.